The van der Waals surface area contributed by atoms with E-state index in [4.69, 9.17) is 0 Å². The molecule has 0 spiro atoms. The molecule has 1 saturated carbocycles. The van der Waals surface area contributed by atoms with Crippen LogP contribution < -0.4 is 0 Å². The van der Waals surface area contributed by atoms with Gasteiger partial charge < -0.3 is 20.1 Å². The van der Waals surface area contributed by atoms with E-state index < -0.39 is 17.9 Å². The van der Waals surface area contributed by atoms with Crippen molar-refractivity contribution in [2.45, 2.75) is 89.4 Å². The molecule has 1 unspecified atom stereocenters. The highest BCUT2D eigenvalue weighted by atomic mass is 19.1. The molecule has 6 heteroatoms. The molecule has 0 aromatic rings. The van der Waals surface area contributed by atoms with Crippen LogP contribution in [0.3, 0.4) is 0 Å². The van der Waals surface area contributed by atoms with Gasteiger partial charge in [0.05, 0.1) is 12.9 Å². The Morgan fingerprint density at radius 1 is 1.28 bits per heavy atom. The number of carbonyl (C=O) groups is 1. The first kappa shape index (κ1) is 25.8. The number of esters is 1. The smallest absolute Gasteiger partial charge is 0.369 e. The van der Waals surface area contributed by atoms with Gasteiger partial charge in [-0.2, -0.15) is 0 Å². The van der Waals surface area contributed by atoms with Crippen molar-refractivity contribution in [2.75, 3.05) is 7.11 Å². The number of aliphatic hydroxyl groups is 3. The van der Waals surface area contributed by atoms with E-state index in [1.807, 2.05) is 0 Å². The Bertz CT molecular complexity index is 531. The van der Waals surface area contributed by atoms with E-state index in [0.717, 1.165) is 52.1 Å². The summed E-state index contributed by atoms with van der Waals surface area (Å²) in [4.78, 5) is 11.3. The molecule has 0 radical (unpaired) electrons. The zero-order chi connectivity index (χ0) is 21.9. The van der Waals surface area contributed by atoms with Gasteiger partial charge in [0.15, 0.2) is 0 Å². The third kappa shape index (κ3) is 8.57. The van der Waals surface area contributed by atoms with Crippen molar-refractivity contribution in [1.82, 2.24) is 0 Å². The van der Waals surface area contributed by atoms with E-state index in [2.05, 4.69) is 30.4 Å². The lowest BCUT2D eigenvalue weighted by molar-refractivity contribution is -0.239. The molecule has 29 heavy (non-hydrogen) atoms. The average Bonchev–Trinajstić information content (AvgIpc) is 3.13. The molecule has 1 aliphatic rings. The van der Waals surface area contributed by atoms with Crippen LogP contribution in [0, 0.1) is 17.8 Å². The summed E-state index contributed by atoms with van der Waals surface area (Å²) in [6, 6.07) is 0. The summed E-state index contributed by atoms with van der Waals surface area (Å²) in [7, 11) is 1.04. The van der Waals surface area contributed by atoms with E-state index in [1.54, 1.807) is 0 Å². The number of allylic oxidation sites excluding steroid dienone is 3. The van der Waals surface area contributed by atoms with Crippen molar-refractivity contribution >= 4 is 5.97 Å². The van der Waals surface area contributed by atoms with E-state index in [0.29, 0.717) is 24.7 Å². The maximum Gasteiger partial charge on any atom is 0.369 e. The van der Waals surface area contributed by atoms with Crippen LogP contribution in [0.1, 0.15) is 77.6 Å². The zero-order valence-electron chi connectivity index (χ0n) is 18.0. The van der Waals surface area contributed by atoms with Crippen LogP contribution >= 0.6 is 0 Å². The predicted octanol–water partition coefficient (Wildman–Crippen LogP) is 4.41. The van der Waals surface area contributed by atoms with Gasteiger partial charge in [0.2, 0.25) is 0 Å². The van der Waals surface area contributed by atoms with Gasteiger partial charge in [-0.15, -0.1) is 0 Å². The van der Waals surface area contributed by atoms with Crippen molar-refractivity contribution in [2.24, 2.45) is 17.8 Å². The molecule has 168 valence electrons. The van der Waals surface area contributed by atoms with Crippen molar-refractivity contribution in [1.29, 1.82) is 0 Å². The summed E-state index contributed by atoms with van der Waals surface area (Å²) in [6.45, 7) is 5.59. The molecule has 0 aromatic heterocycles. The first-order valence-electron chi connectivity index (χ1n) is 11.0. The molecule has 1 fully saturated rings. The molecule has 0 aliphatic heterocycles. The van der Waals surface area contributed by atoms with E-state index in [9.17, 15) is 24.5 Å². The molecule has 3 N–H and O–H groups in total. The quantitative estimate of drug-likeness (QED) is 0.170. The van der Waals surface area contributed by atoms with Gasteiger partial charge in [0, 0.05) is 5.92 Å². The summed E-state index contributed by atoms with van der Waals surface area (Å²) >= 11 is 0. The Hall–Kier alpha value is -1.24. The summed E-state index contributed by atoms with van der Waals surface area (Å²) in [5.74, 6) is -3.37. The fourth-order valence-electron chi connectivity index (χ4n) is 4.18. The van der Waals surface area contributed by atoms with Crippen molar-refractivity contribution in [3.63, 3.8) is 0 Å². The highest BCUT2D eigenvalue weighted by Crippen LogP contribution is 2.37. The second-order valence-electron chi connectivity index (χ2n) is 8.32. The second kappa shape index (κ2) is 13.1. The molecule has 1 rings (SSSR count). The summed E-state index contributed by atoms with van der Waals surface area (Å²) in [5.41, 5.74) is 0. The minimum absolute atomic E-state index is 0.0837. The Balaban J connectivity index is 2.39. The monoisotopic (exact) mass is 414 g/mol. The van der Waals surface area contributed by atoms with Gasteiger partial charge in [0.25, 0.3) is 5.79 Å². The summed E-state index contributed by atoms with van der Waals surface area (Å²) < 4.78 is 17.9. The number of ether oxygens (including phenoxy) is 1. The molecule has 4 atom stereocenters. The zero-order valence-corrected chi connectivity index (χ0v) is 18.0. The molecule has 0 aromatic carbocycles. The Morgan fingerprint density at radius 3 is 2.62 bits per heavy atom. The molecule has 0 amide bonds. The third-order valence-electron chi connectivity index (χ3n) is 6.12. The Labute approximate surface area is 174 Å². The van der Waals surface area contributed by atoms with E-state index >= 15 is 0 Å². The number of aliphatic hydroxyl groups excluding tert-OH is 1. The highest BCUT2D eigenvalue weighted by molar-refractivity contribution is 5.77. The van der Waals surface area contributed by atoms with Crippen molar-refractivity contribution in [3.8, 4) is 0 Å². The molecular weight excluding hydrogens is 375 g/mol. The van der Waals surface area contributed by atoms with Crippen LogP contribution in [0.25, 0.3) is 0 Å². The minimum Gasteiger partial charge on any atom is -0.465 e. The summed E-state index contributed by atoms with van der Waals surface area (Å²) in [5, 5.41) is 29.1. The predicted molar refractivity (Wildman–Crippen MR) is 112 cm³/mol. The van der Waals surface area contributed by atoms with Crippen LogP contribution in [0.5, 0.6) is 0 Å². The van der Waals surface area contributed by atoms with Gasteiger partial charge >= 0.3 is 5.97 Å². The van der Waals surface area contributed by atoms with E-state index in [-0.39, 0.29) is 18.2 Å². The molecule has 0 saturated heterocycles. The average molecular weight is 415 g/mol. The summed E-state index contributed by atoms with van der Waals surface area (Å²) in [6.07, 6.45) is 12.4. The SMILES string of the molecule is C=C(F)[C@H](CC=C[C@H]1CCC[C@@H]1CCCCC(O)C(O)(O)C(=O)OC)CCCC. The van der Waals surface area contributed by atoms with Gasteiger partial charge in [-0.3, -0.25) is 0 Å². The first-order valence-corrected chi connectivity index (χ1v) is 11.0. The lowest BCUT2D eigenvalue weighted by Crippen LogP contribution is -2.50. The van der Waals surface area contributed by atoms with Crippen LogP contribution in [-0.2, 0) is 9.53 Å². The number of hydrogen-bond acceptors (Lipinski definition) is 5. The lowest BCUT2D eigenvalue weighted by atomic mass is 9.89. The maximum absolute atomic E-state index is 13.6. The number of methoxy groups -OCH3 is 1. The number of carbonyl (C=O) groups excluding carboxylic acids is 1. The Kier molecular flexibility index (Phi) is 11.7. The number of unbranched alkanes of at least 4 members (excludes halogenated alkanes) is 2. The first-order chi connectivity index (χ1) is 13.7. The fourth-order valence-corrected chi connectivity index (χ4v) is 4.18. The normalized spacial score (nSPS) is 22.0. The van der Waals surface area contributed by atoms with Crippen LogP contribution in [0.4, 0.5) is 4.39 Å². The van der Waals surface area contributed by atoms with Crippen LogP contribution in [-0.4, -0.2) is 40.3 Å². The van der Waals surface area contributed by atoms with Gasteiger partial charge in [-0.1, -0.05) is 57.8 Å². The van der Waals surface area contributed by atoms with Gasteiger partial charge in [-0.05, 0) is 50.4 Å². The maximum atomic E-state index is 13.6. The highest BCUT2D eigenvalue weighted by Gasteiger charge is 2.42. The van der Waals surface area contributed by atoms with E-state index in [1.165, 1.54) is 6.42 Å². The molecule has 0 bridgehead atoms. The largest absolute Gasteiger partial charge is 0.465 e. The number of rotatable bonds is 14. The molecule has 5 nitrogen and oxygen atoms in total. The number of halogens is 1. The molecule has 0 heterocycles. The lowest BCUT2D eigenvalue weighted by Gasteiger charge is -2.24. The van der Waals surface area contributed by atoms with Crippen molar-refractivity contribution in [3.05, 3.63) is 24.6 Å². The van der Waals surface area contributed by atoms with Gasteiger partial charge in [0.1, 0.15) is 6.10 Å². The number of hydrogen-bond donors (Lipinski definition) is 3. The molecular formula is C23H39FO5. The third-order valence-corrected chi connectivity index (χ3v) is 6.12. The topological polar surface area (TPSA) is 87.0 Å². The van der Waals surface area contributed by atoms with Gasteiger partial charge in [-0.25, -0.2) is 9.18 Å². The van der Waals surface area contributed by atoms with Crippen molar-refractivity contribution < 1.29 is 29.2 Å². The van der Waals surface area contributed by atoms with Crippen LogP contribution in [0.2, 0.25) is 0 Å². The molecule has 1 aliphatic carbocycles. The Morgan fingerprint density at radius 2 is 2.00 bits per heavy atom. The van der Waals surface area contributed by atoms with Crippen LogP contribution in [0.15, 0.2) is 24.6 Å². The second-order valence-corrected chi connectivity index (χ2v) is 8.32. The minimum atomic E-state index is -2.86. The fraction of sp³-hybridized carbons (Fsp3) is 0.783. The standard InChI is InChI=1S/C23H39FO5/c1-4-5-10-18(17(2)24)12-8-13-20-15-9-14-19(20)11-6-7-16-21(25)23(27,28)22(26)29-3/h8,13,18-21,25,27-28H,2,4-7,9-12,14-16H2,1,3H3/t18-,19-,20-,21?/m0/s1.